The Morgan fingerprint density at radius 1 is 1.35 bits per heavy atom. The molecular formula is C11H22N2O3S. The van der Waals surface area contributed by atoms with Crippen molar-refractivity contribution < 1.29 is 13.2 Å². The number of carbonyl (C=O) groups is 1. The Kier molecular flexibility index (Phi) is 5.39. The molecule has 17 heavy (non-hydrogen) atoms. The fourth-order valence-corrected chi connectivity index (χ4v) is 3.19. The second-order valence-electron chi connectivity index (χ2n) is 4.76. The fraction of sp³-hybridized carbons (Fsp3) is 0.909. The summed E-state index contributed by atoms with van der Waals surface area (Å²) in [6, 6.07) is 0.118. The minimum Gasteiger partial charge on any atom is -0.342 e. The molecule has 1 heterocycles. The molecule has 1 atom stereocenters. The van der Waals surface area contributed by atoms with E-state index < -0.39 is 9.84 Å². The molecule has 0 radical (unpaired) electrons. The first kappa shape index (κ1) is 14.4. The zero-order valence-corrected chi connectivity index (χ0v) is 11.2. The summed E-state index contributed by atoms with van der Waals surface area (Å²) in [4.78, 5) is 13.5. The van der Waals surface area contributed by atoms with E-state index >= 15 is 0 Å². The molecule has 0 spiro atoms. The normalized spacial score (nSPS) is 21.9. The lowest BCUT2D eigenvalue weighted by Crippen LogP contribution is -2.33. The van der Waals surface area contributed by atoms with Gasteiger partial charge < -0.3 is 10.6 Å². The molecule has 0 aromatic carbocycles. The number of nitrogens with two attached hydrogens (primary N) is 1. The molecule has 1 aliphatic rings. The van der Waals surface area contributed by atoms with Gasteiger partial charge in [0.1, 0.15) is 0 Å². The van der Waals surface area contributed by atoms with Gasteiger partial charge >= 0.3 is 0 Å². The van der Waals surface area contributed by atoms with E-state index in [0.29, 0.717) is 25.9 Å². The van der Waals surface area contributed by atoms with E-state index in [2.05, 4.69) is 0 Å². The van der Waals surface area contributed by atoms with Crippen LogP contribution in [0.25, 0.3) is 0 Å². The van der Waals surface area contributed by atoms with Crippen molar-refractivity contribution in [2.75, 3.05) is 24.6 Å². The first-order valence-corrected chi connectivity index (χ1v) is 7.96. The van der Waals surface area contributed by atoms with Crippen LogP contribution in [0.3, 0.4) is 0 Å². The lowest BCUT2D eigenvalue weighted by atomic mass is 10.1. The summed E-state index contributed by atoms with van der Waals surface area (Å²) in [5.41, 5.74) is 5.61. The maximum Gasteiger partial charge on any atom is 0.222 e. The zero-order chi connectivity index (χ0) is 12.9. The maximum atomic E-state index is 11.8. The third-order valence-corrected chi connectivity index (χ3v) is 4.67. The van der Waals surface area contributed by atoms with Crippen molar-refractivity contribution in [3.05, 3.63) is 0 Å². The van der Waals surface area contributed by atoms with Crippen molar-refractivity contribution in [3.8, 4) is 0 Å². The third kappa shape index (κ3) is 5.50. The highest BCUT2D eigenvalue weighted by atomic mass is 32.2. The van der Waals surface area contributed by atoms with Crippen LogP contribution in [0.2, 0.25) is 0 Å². The molecule has 5 nitrogen and oxygen atoms in total. The van der Waals surface area contributed by atoms with Crippen molar-refractivity contribution in [2.24, 2.45) is 5.73 Å². The topological polar surface area (TPSA) is 80.5 Å². The van der Waals surface area contributed by atoms with Crippen LogP contribution in [0, 0.1) is 0 Å². The molecule has 0 saturated carbocycles. The molecule has 1 unspecified atom stereocenters. The van der Waals surface area contributed by atoms with Crippen LogP contribution in [0.4, 0.5) is 0 Å². The molecule has 2 N–H and O–H groups in total. The van der Waals surface area contributed by atoms with Gasteiger partial charge in [0, 0.05) is 25.6 Å². The summed E-state index contributed by atoms with van der Waals surface area (Å²) in [5.74, 6) is 0.366. The predicted octanol–water partition coefficient (Wildman–Crippen LogP) is 0.151. The first-order valence-electron chi connectivity index (χ1n) is 6.14. The van der Waals surface area contributed by atoms with E-state index in [0.717, 1.165) is 12.8 Å². The second-order valence-corrected chi connectivity index (χ2v) is 7.06. The standard InChI is InChI=1S/C11H22N2O3S/c1-10(12)4-2-5-11(14)13-6-3-8-17(15,16)9-7-13/h10H,2-9,12H2,1H3. The number of carbonyl (C=O) groups excluding carboxylic acids is 1. The van der Waals surface area contributed by atoms with Gasteiger partial charge in [-0.05, 0) is 26.2 Å². The molecule has 1 fully saturated rings. The van der Waals surface area contributed by atoms with Crippen LogP contribution in [0.15, 0.2) is 0 Å². The van der Waals surface area contributed by atoms with Crippen molar-refractivity contribution in [3.63, 3.8) is 0 Å². The van der Waals surface area contributed by atoms with Crippen LogP contribution >= 0.6 is 0 Å². The van der Waals surface area contributed by atoms with Crippen LogP contribution in [0.1, 0.15) is 32.6 Å². The average molecular weight is 262 g/mol. The van der Waals surface area contributed by atoms with E-state index in [1.54, 1.807) is 4.90 Å². The minimum atomic E-state index is -2.93. The SMILES string of the molecule is CC(N)CCCC(=O)N1CCCS(=O)(=O)CC1. The molecule has 100 valence electrons. The van der Waals surface area contributed by atoms with E-state index in [1.807, 2.05) is 6.92 Å². The molecule has 1 aliphatic heterocycles. The summed E-state index contributed by atoms with van der Waals surface area (Å²) in [5, 5.41) is 0. The summed E-state index contributed by atoms with van der Waals surface area (Å²) >= 11 is 0. The zero-order valence-electron chi connectivity index (χ0n) is 10.4. The Bertz CT molecular complexity index is 352. The largest absolute Gasteiger partial charge is 0.342 e. The summed E-state index contributed by atoms with van der Waals surface area (Å²) < 4.78 is 22.8. The van der Waals surface area contributed by atoms with Crippen LogP contribution < -0.4 is 5.73 Å². The van der Waals surface area contributed by atoms with Gasteiger partial charge in [-0.3, -0.25) is 4.79 Å². The van der Waals surface area contributed by atoms with Crippen molar-refractivity contribution in [1.82, 2.24) is 4.90 Å². The van der Waals surface area contributed by atoms with Crippen LogP contribution in [-0.4, -0.2) is 49.9 Å². The molecule has 1 rings (SSSR count). The smallest absolute Gasteiger partial charge is 0.222 e. The number of rotatable bonds is 4. The van der Waals surface area contributed by atoms with E-state index in [-0.39, 0.29) is 23.5 Å². The second kappa shape index (κ2) is 6.35. The minimum absolute atomic E-state index is 0.0581. The highest BCUT2D eigenvalue weighted by Crippen LogP contribution is 2.08. The van der Waals surface area contributed by atoms with Gasteiger partial charge in [0.25, 0.3) is 0 Å². The molecule has 6 heteroatoms. The Morgan fingerprint density at radius 3 is 2.71 bits per heavy atom. The molecule has 0 aromatic rings. The third-order valence-electron chi connectivity index (χ3n) is 2.96. The van der Waals surface area contributed by atoms with Gasteiger partial charge in [0.15, 0.2) is 9.84 Å². The summed E-state index contributed by atoms with van der Waals surface area (Å²) in [7, 11) is -2.93. The lowest BCUT2D eigenvalue weighted by molar-refractivity contribution is -0.131. The fourth-order valence-electron chi connectivity index (χ4n) is 1.92. The Balaban J connectivity index is 2.37. The number of amides is 1. The van der Waals surface area contributed by atoms with Gasteiger partial charge in [0.2, 0.25) is 5.91 Å². The monoisotopic (exact) mass is 262 g/mol. The summed E-state index contributed by atoms with van der Waals surface area (Å²) in [6.07, 6.45) is 2.64. The number of nitrogens with zero attached hydrogens (tertiary/aromatic N) is 1. The van der Waals surface area contributed by atoms with Crippen molar-refractivity contribution >= 4 is 15.7 Å². The van der Waals surface area contributed by atoms with E-state index in [1.165, 1.54) is 0 Å². The van der Waals surface area contributed by atoms with Gasteiger partial charge in [-0.25, -0.2) is 8.42 Å². The van der Waals surface area contributed by atoms with Gasteiger partial charge in [0.05, 0.1) is 11.5 Å². The molecule has 1 amide bonds. The highest BCUT2D eigenvalue weighted by molar-refractivity contribution is 7.91. The van der Waals surface area contributed by atoms with Gasteiger partial charge in [-0.2, -0.15) is 0 Å². The highest BCUT2D eigenvalue weighted by Gasteiger charge is 2.21. The molecule has 1 saturated heterocycles. The molecule has 0 aliphatic carbocycles. The number of hydrogen-bond acceptors (Lipinski definition) is 4. The van der Waals surface area contributed by atoms with Crippen molar-refractivity contribution in [2.45, 2.75) is 38.6 Å². The van der Waals surface area contributed by atoms with Crippen LogP contribution in [0.5, 0.6) is 0 Å². The molecule has 0 bridgehead atoms. The van der Waals surface area contributed by atoms with Gasteiger partial charge in [-0.15, -0.1) is 0 Å². The first-order chi connectivity index (χ1) is 7.91. The summed E-state index contributed by atoms with van der Waals surface area (Å²) in [6.45, 7) is 2.83. The van der Waals surface area contributed by atoms with E-state index in [9.17, 15) is 13.2 Å². The Morgan fingerprint density at radius 2 is 2.06 bits per heavy atom. The Labute approximate surface area is 103 Å². The molecular weight excluding hydrogens is 240 g/mol. The van der Waals surface area contributed by atoms with Crippen LogP contribution in [-0.2, 0) is 14.6 Å². The Hall–Kier alpha value is -0.620. The quantitative estimate of drug-likeness (QED) is 0.782. The molecule has 0 aromatic heterocycles. The van der Waals surface area contributed by atoms with Gasteiger partial charge in [-0.1, -0.05) is 0 Å². The lowest BCUT2D eigenvalue weighted by Gasteiger charge is -2.19. The number of sulfone groups is 1. The maximum absolute atomic E-state index is 11.8. The number of hydrogen-bond donors (Lipinski definition) is 1. The van der Waals surface area contributed by atoms with E-state index in [4.69, 9.17) is 5.73 Å². The van der Waals surface area contributed by atoms with Crippen molar-refractivity contribution in [1.29, 1.82) is 0 Å². The average Bonchev–Trinajstić information content (AvgIpc) is 2.38. The predicted molar refractivity (Wildman–Crippen MR) is 67.4 cm³/mol.